The molecule has 1 aromatic carbocycles. The van der Waals surface area contributed by atoms with E-state index in [1.807, 2.05) is 13.8 Å². The van der Waals surface area contributed by atoms with Crippen LogP contribution in [0.2, 0.25) is 0 Å². The van der Waals surface area contributed by atoms with Crippen molar-refractivity contribution in [3.8, 4) is 11.1 Å². The van der Waals surface area contributed by atoms with Gasteiger partial charge >= 0.3 is 0 Å². The molecule has 0 radical (unpaired) electrons. The molecule has 7 heteroatoms. The summed E-state index contributed by atoms with van der Waals surface area (Å²) in [5.41, 5.74) is 4.20. The van der Waals surface area contributed by atoms with Crippen molar-refractivity contribution < 1.29 is 9.18 Å². The van der Waals surface area contributed by atoms with Gasteiger partial charge in [-0.2, -0.15) is 5.10 Å². The average molecular weight is 394 g/mol. The lowest BCUT2D eigenvalue weighted by Crippen LogP contribution is -2.41. The Hall–Kier alpha value is -3.22. The number of H-pyrrole nitrogens is 2. The Morgan fingerprint density at radius 2 is 2.00 bits per heavy atom. The molecule has 0 unspecified atom stereocenters. The molecule has 1 atom stereocenters. The quantitative estimate of drug-likeness (QED) is 0.713. The first-order valence-electron chi connectivity index (χ1n) is 9.73. The smallest absolute Gasteiger partial charge is 0.261 e. The van der Waals surface area contributed by atoms with E-state index in [9.17, 15) is 14.0 Å². The molecule has 2 aromatic heterocycles. The number of nitrogens with zero attached hydrogens (tertiary/aromatic N) is 2. The first kappa shape index (κ1) is 19.1. The van der Waals surface area contributed by atoms with Crippen molar-refractivity contribution in [3.05, 3.63) is 75.2 Å². The van der Waals surface area contributed by atoms with Gasteiger partial charge in [-0.3, -0.25) is 14.7 Å². The molecule has 1 aliphatic rings. The van der Waals surface area contributed by atoms with E-state index in [0.717, 1.165) is 40.9 Å². The maximum atomic E-state index is 13.3. The summed E-state index contributed by atoms with van der Waals surface area (Å²) < 4.78 is 13.3. The van der Waals surface area contributed by atoms with E-state index < -0.39 is 0 Å². The van der Waals surface area contributed by atoms with Crippen LogP contribution in [0.4, 0.5) is 4.39 Å². The number of halogens is 1. The second-order valence-corrected chi connectivity index (χ2v) is 7.61. The molecule has 0 saturated carbocycles. The highest BCUT2D eigenvalue weighted by atomic mass is 19.1. The fraction of sp³-hybridized carbons (Fsp3) is 0.318. The number of aromatic amines is 2. The van der Waals surface area contributed by atoms with Gasteiger partial charge in [0.05, 0.1) is 6.20 Å². The molecule has 1 fully saturated rings. The molecular weight excluding hydrogens is 371 g/mol. The molecule has 1 aliphatic heterocycles. The van der Waals surface area contributed by atoms with E-state index in [1.165, 1.54) is 12.1 Å². The number of amides is 1. The summed E-state index contributed by atoms with van der Waals surface area (Å²) in [6, 6.07) is 7.97. The Bertz CT molecular complexity index is 1100. The van der Waals surface area contributed by atoms with E-state index in [2.05, 4.69) is 15.2 Å². The SMILES string of the molecule is Cc1cc(C(=O)N2CCC[C@@H](c3[nH]ncc3-c3ccc(F)cc3)C2)c(=O)[nH]c1C. The number of aryl methyl sites for hydroxylation is 2. The summed E-state index contributed by atoms with van der Waals surface area (Å²) in [6.45, 7) is 4.81. The molecular formula is C22H23FN4O2. The highest BCUT2D eigenvalue weighted by Crippen LogP contribution is 2.33. The van der Waals surface area contributed by atoms with Gasteiger partial charge in [-0.25, -0.2) is 4.39 Å². The van der Waals surface area contributed by atoms with E-state index in [4.69, 9.17) is 0 Å². The number of piperidine rings is 1. The van der Waals surface area contributed by atoms with Crippen LogP contribution in [0.3, 0.4) is 0 Å². The average Bonchev–Trinajstić information content (AvgIpc) is 3.21. The van der Waals surface area contributed by atoms with E-state index in [0.29, 0.717) is 13.1 Å². The minimum atomic E-state index is -0.353. The number of carbonyl (C=O) groups excluding carboxylic acids is 1. The largest absolute Gasteiger partial charge is 0.338 e. The molecule has 3 aromatic rings. The number of carbonyl (C=O) groups is 1. The first-order valence-corrected chi connectivity index (χ1v) is 9.73. The molecule has 3 heterocycles. The minimum absolute atomic E-state index is 0.0703. The lowest BCUT2D eigenvalue weighted by molar-refractivity contribution is 0.0704. The normalized spacial score (nSPS) is 16.8. The van der Waals surface area contributed by atoms with Gasteiger partial charge in [0.25, 0.3) is 11.5 Å². The van der Waals surface area contributed by atoms with Gasteiger partial charge in [0.1, 0.15) is 11.4 Å². The van der Waals surface area contributed by atoms with Gasteiger partial charge in [-0.15, -0.1) is 0 Å². The monoisotopic (exact) mass is 394 g/mol. The second kappa shape index (κ2) is 7.66. The van der Waals surface area contributed by atoms with Crippen LogP contribution in [0.15, 0.2) is 41.3 Å². The highest BCUT2D eigenvalue weighted by Gasteiger charge is 2.29. The predicted octanol–water partition coefficient (Wildman–Crippen LogP) is 3.54. The number of hydrogen-bond acceptors (Lipinski definition) is 3. The maximum Gasteiger partial charge on any atom is 0.261 e. The zero-order valence-corrected chi connectivity index (χ0v) is 16.5. The topological polar surface area (TPSA) is 81.8 Å². The van der Waals surface area contributed by atoms with Gasteiger partial charge in [-0.05, 0) is 56.0 Å². The number of pyridine rings is 1. The Labute approximate surface area is 167 Å². The van der Waals surface area contributed by atoms with Gasteiger partial charge in [0.15, 0.2) is 0 Å². The molecule has 4 rings (SSSR count). The Kier molecular flexibility index (Phi) is 5.05. The third-order valence-electron chi connectivity index (χ3n) is 5.67. The van der Waals surface area contributed by atoms with E-state index in [1.54, 1.807) is 29.3 Å². The van der Waals surface area contributed by atoms with Gasteiger partial charge in [0, 0.05) is 36.0 Å². The van der Waals surface area contributed by atoms with E-state index >= 15 is 0 Å². The molecule has 2 N–H and O–H groups in total. The number of rotatable bonds is 3. The number of nitrogens with one attached hydrogen (secondary N) is 2. The predicted molar refractivity (Wildman–Crippen MR) is 108 cm³/mol. The van der Waals surface area contributed by atoms with Crippen LogP contribution in [-0.4, -0.2) is 39.1 Å². The molecule has 1 amide bonds. The minimum Gasteiger partial charge on any atom is -0.338 e. The lowest BCUT2D eigenvalue weighted by atomic mass is 9.90. The fourth-order valence-corrected chi connectivity index (χ4v) is 3.92. The standard InChI is InChI=1S/C22H23FN4O2/c1-13-10-18(21(28)25-14(13)2)22(29)27-9-3-4-16(12-27)20-19(11-24-26-20)15-5-7-17(23)8-6-15/h5-8,10-11,16H,3-4,9,12H2,1-2H3,(H,24,26)(H,25,28)/t16-/m1/s1. The van der Waals surface area contributed by atoms with Crippen molar-refractivity contribution in [2.45, 2.75) is 32.6 Å². The highest BCUT2D eigenvalue weighted by molar-refractivity contribution is 5.94. The molecule has 150 valence electrons. The lowest BCUT2D eigenvalue weighted by Gasteiger charge is -2.32. The van der Waals surface area contributed by atoms with Gasteiger partial charge in [0.2, 0.25) is 0 Å². The zero-order valence-electron chi connectivity index (χ0n) is 16.5. The number of aromatic nitrogens is 3. The summed E-state index contributed by atoms with van der Waals surface area (Å²) in [6.07, 6.45) is 3.47. The summed E-state index contributed by atoms with van der Waals surface area (Å²) >= 11 is 0. The number of hydrogen-bond donors (Lipinski definition) is 2. The van der Waals surface area contributed by atoms with Gasteiger partial charge < -0.3 is 9.88 Å². The van der Waals surface area contributed by atoms with Crippen molar-refractivity contribution in [1.82, 2.24) is 20.1 Å². The van der Waals surface area contributed by atoms with Crippen molar-refractivity contribution in [1.29, 1.82) is 0 Å². The number of likely N-dealkylation sites (tertiary alicyclic amines) is 1. The van der Waals surface area contributed by atoms with Crippen LogP contribution in [0.25, 0.3) is 11.1 Å². The van der Waals surface area contributed by atoms with Crippen LogP contribution < -0.4 is 5.56 Å². The van der Waals surface area contributed by atoms with Crippen molar-refractivity contribution in [2.24, 2.45) is 0 Å². The molecule has 0 aliphatic carbocycles. The fourth-order valence-electron chi connectivity index (χ4n) is 3.92. The van der Waals surface area contributed by atoms with Crippen LogP contribution >= 0.6 is 0 Å². The Morgan fingerprint density at radius 1 is 1.24 bits per heavy atom. The van der Waals surface area contributed by atoms with Crippen molar-refractivity contribution in [3.63, 3.8) is 0 Å². The molecule has 0 spiro atoms. The molecule has 1 saturated heterocycles. The van der Waals surface area contributed by atoms with Gasteiger partial charge in [-0.1, -0.05) is 12.1 Å². The summed E-state index contributed by atoms with van der Waals surface area (Å²) in [5.74, 6) is -0.463. The third kappa shape index (κ3) is 3.72. The Balaban J connectivity index is 1.59. The van der Waals surface area contributed by atoms with Crippen LogP contribution in [0, 0.1) is 19.7 Å². The van der Waals surface area contributed by atoms with E-state index in [-0.39, 0.29) is 28.8 Å². The van der Waals surface area contributed by atoms with Crippen molar-refractivity contribution >= 4 is 5.91 Å². The third-order valence-corrected chi connectivity index (χ3v) is 5.67. The van der Waals surface area contributed by atoms with Crippen molar-refractivity contribution in [2.75, 3.05) is 13.1 Å². The summed E-state index contributed by atoms with van der Waals surface area (Å²) in [7, 11) is 0. The van der Waals surface area contributed by atoms with Crippen LogP contribution in [0.1, 0.15) is 46.1 Å². The maximum absolute atomic E-state index is 13.3. The summed E-state index contributed by atoms with van der Waals surface area (Å²) in [5, 5.41) is 7.25. The Morgan fingerprint density at radius 3 is 2.76 bits per heavy atom. The number of benzene rings is 1. The zero-order chi connectivity index (χ0) is 20.5. The second-order valence-electron chi connectivity index (χ2n) is 7.61. The molecule has 6 nitrogen and oxygen atoms in total. The van der Waals surface area contributed by atoms with Crippen LogP contribution in [0.5, 0.6) is 0 Å². The first-order chi connectivity index (χ1) is 13.9. The van der Waals surface area contributed by atoms with Crippen LogP contribution in [-0.2, 0) is 0 Å². The summed E-state index contributed by atoms with van der Waals surface area (Å²) in [4.78, 5) is 29.8. The molecule has 0 bridgehead atoms. The molecule has 29 heavy (non-hydrogen) atoms.